The van der Waals surface area contributed by atoms with Crippen LogP contribution in [0.15, 0.2) is 30.3 Å². The topological polar surface area (TPSA) is 49.3 Å². The number of halogens is 1. The van der Waals surface area contributed by atoms with Gasteiger partial charge < -0.3 is 12.4 Å². The van der Waals surface area contributed by atoms with Gasteiger partial charge in [0, 0.05) is 0 Å². The van der Waals surface area contributed by atoms with Gasteiger partial charge in [-0.25, -0.2) is 0 Å². The molecule has 1 fully saturated rings. The van der Waals surface area contributed by atoms with Gasteiger partial charge in [0.25, 0.3) is 0 Å². The van der Waals surface area contributed by atoms with E-state index in [2.05, 4.69) is 106 Å². The summed E-state index contributed by atoms with van der Waals surface area (Å²) >= 11 is 8.05. The molecule has 1 saturated carbocycles. The first-order chi connectivity index (χ1) is 16.1. The van der Waals surface area contributed by atoms with E-state index in [1.54, 1.807) is 18.8 Å². The molecule has 0 saturated heterocycles. The Kier molecular flexibility index (Phi) is 19.3. The molecule has 193 valence electrons. The summed E-state index contributed by atoms with van der Waals surface area (Å²) < 4.78 is 20.1. The SMILES string of the molecule is CCN1C=[N+](CC)CC1([S-])N(CC)[P](=[W])(c1ccccc1)C(C)(C)C.[C-]#[O+].[C-]#[O+].[CH]1[CH][CH][CH][CH]1.[Cl-]. The van der Waals surface area contributed by atoms with Crippen LogP contribution in [0.3, 0.4) is 0 Å². The Hall–Kier alpha value is -0.112. The van der Waals surface area contributed by atoms with E-state index in [1.165, 1.54) is 5.30 Å². The zero-order valence-electron chi connectivity index (χ0n) is 21.5. The third-order valence-electron chi connectivity index (χ3n) is 5.52. The van der Waals surface area contributed by atoms with Crippen LogP contribution in [0.1, 0.15) is 41.5 Å². The van der Waals surface area contributed by atoms with Gasteiger partial charge in [0.05, 0.1) is 0 Å². The molecule has 0 N–H and O–H groups in total. The molecular weight excluding hydrogens is 669 g/mol. The summed E-state index contributed by atoms with van der Waals surface area (Å²) in [5.41, 5.74) is 0. The van der Waals surface area contributed by atoms with Crippen molar-refractivity contribution in [2.75, 3.05) is 26.2 Å². The van der Waals surface area contributed by atoms with Crippen molar-refractivity contribution in [3.05, 3.63) is 75.7 Å². The number of likely N-dealkylation sites (N-methyl/N-ethyl adjacent to an activating group) is 3. The molecule has 35 heavy (non-hydrogen) atoms. The summed E-state index contributed by atoms with van der Waals surface area (Å²) in [5.74, 6) is 0. The molecule has 0 bridgehead atoms. The molecular formula is C26H37ClN3O2PSW-. The van der Waals surface area contributed by atoms with E-state index in [4.69, 9.17) is 21.9 Å². The summed E-state index contributed by atoms with van der Waals surface area (Å²) in [5, 5.41) is 0.0725. The first-order valence-corrected chi connectivity index (χ1v) is 17.2. The Morgan fingerprint density at radius 3 is 1.83 bits per heavy atom. The minimum Gasteiger partial charge on any atom is -1.00 e. The van der Waals surface area contributed by atoms with Crippen LogP contribution in [-0.2, 0) is 40.7 Å². The van der Waals surface area contributed by atoms with E-state index in [1.807, 2.05) is 32.1 Å². The number of hydrogen-bond donors (Lipinski definition) is 0. The maximum absolute atomic E-state index is 7.50. The Morgan fingerprint density at radius 1 is 1.03 bits per heavy atom. The Bertz CT molecular complexity index is 828. The summed E-state index contributed by atoms with van der Waals surface area (Å²) in [6.45, 7) is 26.7. The minimum absolute atomic E-state index is 0. The van der Waals surface area contributed by atoms with Crippen LogP contribution in [0.5, 0.6) is 0 Å². The van der Waals surface area contributed by atoms with Crippen LogP contribution in [0.25, 0.3) is 0 Å². The van der Waals surface area contributed by atoms with Crippen LogP contribution in [-0.4, -0.2) is 56.8 Å². The molecule has 5 nitrogen and oxygen atoms in total. The number of benzene rings is 1. The van der Waals surface area contributed by atoms with Gasteiger partial charge in [0.2, 0.25) is 0 Å². The van der Waals surface area contributed by atoms with E-state index in [0.717, 1.165) is 26.2 Å². The molecule has 1 aromatic carbocycles. The third kappa shape index (κ3) is 9.29. The van der Waals surface area contributed by atoms with E-state index < -0.39 is 5.05 Å². The van der Waals surface area contributed by atoms with Crippen molar-refractivity contribution in [3.8, 4) is 0 Å². The standard InChI is InChI=1S/C19H32N3PS.C5H5.2CO.ClH.W/c1-7-20-15-19(24,21(8-2)16-20)22(9-3)23(18(4,5)6)17-13-11-10-12-14-17;1-2-4-5-3-1;2*1-2;;/h10-14,16H,7-9,15H2,1-6H3;1-5H;;;1H;/p-1. The third-order valence-corrected chi connectivity index (χ3v) is 20.7. The van der Waals surface area contributed by atoms with E-state index in [0.29, 0.717) is 0 Å². The molecule has 1 aliphatic carbocycles. The van der Waals surface area contributed by atoms with Crippen molar-refractivity contribution >= 4 is 29.3 Å². The molecule has 2 aliphatic rings. The van der Waals surface area contributed by atoms with Crippen molar-refractivity contribution in [2.24, 2.45) is 0 Å². The van der Waals surface area contributed by atoms with Crippen molar-refractivity contribution in [3.63, 3.8) is 0 Å². The average Bonchev–Trinajstić information content (AvgIpc) is 3.54. The van der Waals surface area contributed by atoms with E-state index in [-0.39, 0.29) is 22.6 Å². The van der Waals surface area contributed by atoms with Crippen LogP contribution in [0.2, 0.25) is 0 Å². The smallest absolute Gasteiger partial charge is 0.0312 e. The van der Waals surface area contributed by atoms with Crippen molar-refractivity contribution < 1.29 is 45.1 Å². The summed E-state index contributed by atoms with van der Waals surface area (Å²) in [4.78, 5) is 2.01. The van der Waals surface area contributed by atoms with Crippen LogP contribution in [0, 0.1) is 45.4 Å². The van der Waals surface area contributed by atoms with Crippen LogP contribution in [0.4, 0.5) is 0 Å². The number of hydrogen-bond acceptors (Lipinski definition) is 3. The van der Waals surface area contributed by atoms with Crippen molar-refractivity contribution in [1.82, 2.24) is 9.57 Å². The molecule has 0 amide bonds. The molecule has 3 rings (SSSR count). The second kappa shape index (κ2) is 18.2. The van der Waals surface area contributed by atoms with Crippen LogP contribution < -0.4 is 17.7 Å². The predicted octanol–water partition coefficient (Wildman–Crippen LogP) is 1.37. The quantitative estimate of drug-likeness (QED) is 0.148. The fourth-order valence-corrected chi connectivity index (χ4v) is 12.8. The van der Waals surface area contributed by atoms with Gasteiger partial charge in [0.15, 0.2) is 0 Å². The Labute approximate surface area is 236 Å². The van der Waals surface area contributed by atoms with Gasteiger partial charge in [-0.2, -0.15) is 0 Å². The monoisotopic (exact) mass is 705 g/mol. The second-order valence-electron chi connectivity index (χ2n) is 8.47. The molecule has 2 unspecified atom stereocenters. The average molecular weight is 706 g/mol. The first kappa shape index (κ1) is 37.0. The summed E-state index contributed by atoms with van der Waals surface area (Å²) in [7, 11) is 0. The van der Waals surface area contributed by atoms with Gasteiger partial charge in [-0.1, -0.05) is 0 Å². The fourth-order valence-electron chi connectivity index (χ4n) is 3.94. The molecule has 0 spiro atoms. The maximum atomic E-state index is 7.50. The Morgan fingerprint density at radius 2 is 1.49 bits per heavy atom. The largest absolute Gasteiger partial charge is 1.00 e. The van der Waals surface area contributed by atoms with Gasteiger partial charge in [0.1, 0.15) is 0 Å². The number of rotatable bonds is 6. The Balaban J connectivity index is 0. The second-order valence-corrected chi connectivity index (χ2v) is 18.3. The summed E-state index contributed by atoms with van der Waals surface area (Å²) in [6.07, 6.45) is 12.3. The van der Waals surface area contributed by atoms with Gasteiger partial charge in [-0.05, 0) is 32.1 Å². The normalized spacial score (nSPS) is 20.5. The van der Waals surface area contributed by atoms with E-state index >= 15 is 0 Å². The molecule has 2 atom stereocenters. The molecule has 1 aromatic rings. The van der Waals surface area contributed by atoms with Crippen molar-refractivity contribution in [1.29, 1.82) is 0 Å². The molecule has 1 aliphatic heterocycles. The van der Waals surface area contributed by atoms with Gasteiger partial charge in [-0.15, -0.1) is 0 Å². The molecule has 5 radical (unpaired) electrons. The van der Waals surface area contributed by atoms with E-state index in [9.17, 15) is 0 Å². The molecule has 0 aromatic heterocycles. The number of nitrogens with zero attached hydrogens (tertiary/aromatic N) is 3. The summed E-state index contributed by atoms with van der Waals surface area (Å²) in [6, 6.07) is 11.1. The zero-order valence-corrected chi connectivity index (χ0v) is 26.9. The zero-order chi connectivity index (χ0) is 26.4. The maximum Gasteiger partial charge on any atom is -0.0312 e. The molecule has 1 heterocycles. The van der Waals surface area contributed by atoms with Crippen molar-refractivity contribution in [2.45, 2.75) is 51.7 Å². The first-order valence-electron chi connectivity index (χ1n) is 11.2. The molecule has 9 heteroatoms. The van der Waals surface area contributed by atoms with Gasteiger partial charge >= 0.3 is 193 Å². The van der Waals surface area contributed by atoms with Crippen LogP contribution >= 0.6 is 5.05 Å². The predicted molar refractivity (Wildman–Crippen MR) is 139 cm³/mol. The minimum atomic E-state index is -1.59. The fraction of sp³-hybridized carbons (Fsp3) is 0.462. The van der Waals surface area contributed by atoms with Gasteiger partial charge in [-0.3, -0.25) is 0 Å².